The van der Waals surface area contributed by atoms with Gasteiger partial charge in [0.05, 0.1) is 18.8 Å². The number of pyridine rings is 1. The van der Waals surface area contributed by atoms with Crippen molar-refractivity contribution < 1.29 is 9.47 Å². The molecule has 1 fully saturated rings. The number of hydrogen-bond acceptors (Lipinski definition) is 4. The summed E-state index contributed by atoms with van der Waals surface area (Å²) < 4.78 is 14.5. The van der Waals surface area contributed by atoms with Crippen molar-refractivity contribution in [3.63, 3.8) is 0 Å². The van der Waals surface area contributed by atoms with Gasteiger partial charge in [-0.3, -0.25) is 4.98 Å². The third kappa shape index (κ3) is 5.13. The fourth-order valence-electron chi connectivity index (χ4n) is 4.88. The Morgan fingerprint density at radius 3 is 2.26 bits per heavy atom. The number of benzene rings is 3. The Morgan fingerprint density at radius 1 is 0.821 bits per heavy atom. The summed E-state index contributed by atoms with van der Waals surface area (Å²) in [7, 11) is 1.65. The molecule has 2 aromatic heterocycles. The first-order valence-electron chi connectivity index (χ1n) is 12.5. The second-order valence-corrected chi connectivity index (χ2v) is 10.4. The van der Waals surface area contributed by atoms with Gasteiger partial charge in [0.1, 0.15) is 23.3 Å². The predicted molar refractivity (Wildman–Crippen MR) is 161 cm³/mol. The quantitative estimate of drug-likeness (QED) is 0.195. The van der Waals surface area contributed by atoms with Gasteiger partial charge >= 0.3 is 0 Å². The summed E-state index contributed by atoms with van der Waals surface area (Å²) in [5, 5.41) is 4.18. The summed E-state index contributed by atoms with van der Waals surface area (Å²) in [5.74, 6) is 2.26. The second kappa shape index (κ2) is 10.9. The lowest BCUT2D eigenvalue weighted by Gasteiger charge is -2.29. The highest BCUT2D eigenvalue weighted by Crippen LogP contribution is 2.42. The number of aromatic nitrogens is 2. The first-order valence-corrected chi connectivity index (χ1v) is 13.7. The van der Waals surface area contributed by atoms with Crippen LogP contribution in [0.5, 0.6) is 17.2 Å². The van der Waals surface area contributed by atoms with Gasteiger partial charge in [0.15, 0.2) is 5.11 Å². The third-order valence-electron chi connectivity index (χ3n) is 6.68. The van der Waals surface area contributed by atoms with Crippen LogP contribution in [0.3, 0.4) is 0 Å². The molecule has 39 heavy (non-hydrogen) atoms. The fraction of sp³-hybridized carbons (Fsp3) is 0.0968. The van der Waals surface area contributed by atoms with E-state index in [9.17, 15) is 0 Å². The highest BCUT2D eigenvalue weighted by molar-refractivity contribution is 9.10. The zero-order valence-corrected chi connectivity index (χ0v) is 23.5. The number of halogens is 1. The van der Waals surface area contributed by atoms with Crippen LogP contribution in [0.15, 0.2) is 120 Å². The molecular weight excluding hydrogens is 572 g/mol. The maximum absolute atomic E-state index is 6.06. The number of hydrogen-bond donors (Lipinski definition) is 1. The standard InChI is InChI=1S/C31H25BrN4O2S/c1-37-24-14-16-26(17-15-24)38-25-12-10-22(11-13-25)36-30(29(34-31(36)39)27-8-2-3-18-33-27)28-9-5-19-35(28)23-7-4-6-21(32)20-23/h2-20,29-30H,1H3,(H,34,39)/t29-,30+/m0/s1. The van der Waals surface area contributed by atoms with Crippen LogP contribution in [0, 0.1) is 0 Å². The Labute approximate surface area is 241 Å². The Kier molecular flexibility index (Phi) is 7.04. The van der Waals surface area contributed by atoms with Crippen molar-refractivity contribution in [2.75, 3.05) is 12.0 Å². The first-order chi connectivity index (χ1) is 19.1. The van der Waals surface area contributed by atoms with E-state index in [1.165, 1.54) is 0 Å². The molecule has 5 aromatic rings. The highest BCUT2D eigenvalue weighted by Gasteiger charge is 2.42. The maximum atomic E-state index is 6.06. The van der Waals surface area contributed by atoms with Crippen molar-refractivity contribution in [1.29, 1.82) is 0 Å². The molecule has 1 aliphatic rings. The van der Waals surface area contributed by atoms with Crippen LogP contribution < -0.4 is 19.7 Å². The van der Waals surface area contributed by atoms with Gasteiger partial charge in [-0.2, -0.15) is 0 Å². The lowest BCUT2D eigenvalue weighted by molar-refractivity contribution is 0.413. The molecule has 0 bridgehead atoms. The molecule has 0 unspecified atom stereocenters. The van der Waals surface area contributed by atoms with E-state index in [0.717, 1.165) is 44.5 Å². The molecule has 3 aromatic carbocycles. The minimum absolute atomic E-state index is 0.144. The van der Waals surface area contributed by atoms with Gasteiger partial charge in [0.25, 0.3) is 0 Å². The summed E-state index contributed by atoms with van der Waals surface area (Å²) in [6.07, 6.45) is 3.90. The molecule has 0 spiro atoms. The molecule has 3 heterocycles. The lowest BCUT2D eigenvalue weighted by atomic mass is 10.0. The summed E-state index contributed by atoms with van der Waals surface area (Å²) in [5.41, 5.74) is 4.04. The Morgan fingerprint density at radius 2 is 1.56 bits per heavy atom. The zero-order chi connectivity index (χ0) is 26.8. The van der Waals surface area contributed by atoms with Crippen molar-refractivity contribution in [3.05, 3.63) is 131 Å². The maximum Gasteiger partial charge on any atom is 0.174 e. The number of methoxy groups -OCH3 is 1. The first kappa shape index (κ1) is 25.2. The van der Waals surface area contributed by atoms with Gasteiger partial charge in [-0.15, -0.1) is 0 Å². The number of rotatable bonds is 7. The van der Waals surface area contributed by atoms with Gasteiger partial charge < -0.3 is 24.3 Å². The van der Waals surface area contributed by atoms with Crippen LogP contribution in [-0.2, 0) is 0 Å². The predicted octanol–water partition coefficient (Wildman–Crippen LogP) is 7.61. The largest absolute Gasteiger partial charge is 0.497 e. The summed E-state index contributed by atoms with van der Waals surface area (Å²) in [6.45, 7) is 0. The smallest absolute Gasteiger partial charge is 0.174 e. The van der Waals surface area contributed by atoms with E-state index in [2.05, 4.69) is 66.2 Å². The monoisotopic (exact) mass is 596 g/mol. The Hall–Kier alpha value is -4.14. The molecule has 8 heteroatoms. The number of anilines is 1. The SMILES string of the molecule is COc1ccc(Oc2ccc(N3C(=S)N[C@@H](c4ccccn4)[C@H]3c3cccn3-c3cccc(Br)c3)cc2)cc1. The molecule has 6 rings (SSSR count). The molecule has 0 radical (unpaired) electrons. The van der Waals surface area contributed by atoms with Crippen LogP contribution >= 0.6 is 28.1 Å². The molecule has 1 saturated heterocycles. The average molecular weight is 598 g/mol. The van der Waals surface area contributed by atoms with Gasteiger partial charge in [0.2, 0.25) is 0 Å². The van der Waals surface area contributed by atoms with E-state index in [1.807, 2.05) is 85.1 Å². The van der Waals surface area contributed by atoms with Crippen LogP contribution in [0.2, 0.25) is 0 Å². The molecule has 2 atom stereocenters. The van der Waals surface area contributed by atoms with E-state index >= 15 is 0 Å². The van der Waals surface area contributed by atoms with Crippen molar-refractivity contribution in [1.82, 2.24) is 14.9 Å². The molecular formula is C31H25BrN4O2S. The van der Waals surface area contributed by atoms with Crippen molar-refractivity contribution in [2.45, 2.75) is 12.1 Å². The molecule has 0 aliphatic carbocycles. The molecule has 0 saturated carbocycles. The van der Waals surface area contributed by atoms with E-state index in [-0.39, 0.29) is 12.1 Å². The van der Waals surface area contributed by atoms with Crippen LogP contribution in [0.25, 0.3) is 5.69 Å². The number of nitrogens with one attached hydrogen (secondary N) is 1. The molecule has 194 valence electrons. The number of ether oxygens (including phenoxy) is 2. The second-order valence-electron chi connectivity index (χ2n) is 9.05. The summed E-state index contributed by atoms with van der Waals surface area (Å²) in [6, 6.07) is 33.7. The van der Waals surface area contributed by atoms with Gasteiger partial charge in [-0.25, -0.2) is 0 Å². The number of nitrogens with zero attached hydrogens (tertiary/aromatic N) is 3. The highest BCUT2D eigenvalue weighted by atomic mass is 79.9. The van der Waals surface area contributed by atoms with Gasteiger partial charge in [-0.1, -0.05) is 28.1 Å². The zero-order valence-electron chi connectivity index (χ0n) is 21.1. The minimum atomic E-state index is -0.144. The van der Waals surface area contributed by atoms with Crippen LogP contribution in [0.4, 0.5) is 5.69 Å². The van der Waals surface area contributed by atoms with Crippen LogP contribution in [0.1, 0.15) is 23.5 Å². The van der Waals surface area contributed by atoms with Crippen molar-refractivity contribution in [2.24, 2.45) is 0 Å². The molecule has 1 aliphatic heterocycles. The lowest BCUT2D eigenvalue weighted by Crippen LogP contribution is -2.30. The minimum Gasteiger partial charge on any atom is -0.497 e. The molecule has 0 amide bonds. The van der Waals surface area contributed by atoms with E-state index < -0.39 is 0 Å². The Bertz CT molecular complexity index is 1590. The molecule has 1 N–H and O–H groups in total. The topological polar surface area (TPSA) is 51.6 Å². The van der Waals surface area contributed by atoms with Gasteiger partial charge in [0, 0.05) is 33.9 Å². The van der Waals surface area contributed by atoms with Gasteiger partial charge in [-0.05, 0) is 103 Å². The average Bonchev–Trinajstić information content (AvgIpc) is 3.59. The summed E-state index contributed by atoms with van der Waals surface area (Å²) >= 11 is 9.54. The summed E-state index contributed by atoms with van der Waals surface area (Å²) in [4.78, 5) is 6.84. The van der Waals surface area contributed by atoms with E-state index in [4.69, 9.17) is 21.7 Å². The Balaban J connectivity index is 1.37. The third-order valence-corrected chi connectivity index (χ3v) is 7.49. The van der Waals surface area contributed by atoms with E-state index in [0.29, 0.717) is 5.11 Å². The van der Waals surface area contributed by atoms with E-state index in [1.54, 1.807) is 7.11 Å². The molecule has 6 nitrogen and oxygen atoms in total. The number of thiocarbonyl (C=S) groups is 1. The fourth-order valence-corrected chi connectivity index (χ4v) is 5.62. The normalized spacial score (nSPS) is 16.7. The van der Waals surface area contributed by atoms with Crippen molar-refractivity contribution in [3.8, 4) is 22.9 Å². The van der Waals surface area contributed by atoms with Crippen molar-refractivity contribution >= 4 is 38.9 Å². The van der Waals surface area contributed by atoms with Crippen LogP contribution in [-0.4, -0.2) is 21.8 Å².